The summed E-state index contributed by atoms with van der Waals surface area (Å²) in [6, 6.07) is 6.21. The van der Waals surface area contributed by atoms with Crippen LogP contribution in [0.5, 0.6) is 0 Å². The van der Waals surface area contributed by atoms with Crippen LogP contribution in [0.25, 0.3) is 0 Å². The lowest BCUT2D eigenvalue weighted by molar-refractivity contribution is 0.175. The van der Waals surface area contributed by atoms with Crippen LogP contribution in [-0.2, 0) is 13.0 Å². The number of aryl methyl sites for hydroxylation is 4. The van der Waals surface area contributed by atoms with Gasteiger partial charge in [0.2, 0.25) is 0 Å². The third-order valence-electron chi connectivity index (χ3n) is 3.47. The Morgan fingerprint density at radius 3 is 2.35 bits per heavy atom. The first-order valence-corrected chi connectivity index (χ1v) is 7.69. The summed E-state index contributed by atoms with van der Waals surface area (Å²) in [6.45, 7) is 8.95. The largest absolute Gasteiger partial charge is 0.388 e. The molecule has 0 aliphatic heterocycles. The van der Waals surface area contributed by atoms with Gasteiger partial charge < -0.3 is 5.11 Å². The molecule has 0 saturated heterocycles. The number of hydrogen-bond donors (Lipinski definition) is 1. The van der Waals surface area contributed by atoms with E-state index in [1.165, 1.54) is 11.1 Å². The van der Waals surface area contributed by atoms with Crippen LogP contribution in [0.15, 0.2) is 22.7 Å². The molecule has 1 unspecified atom stereocenters. The van der Waals surface area contributed by atoms with Gasteiger partial charge in [0.15, 0.2) is 0 Å². The minimum atomic E-state index is -0.508. The van der Waals surface area contributed by atoms with Crippen molar-refractivity contribution < 1.29 is 5.11 Å². The topological polar surface area (TPSA) is 38.0 Å². The smallest absolute Gasteiger partial charge is 0.0845 e. The maximum atomic E-state index is 10.5. The fraction of sp³-hybridized carbons (Fsp3) is 0.438. The third-order valence-corrected chi connectivity index (χ3v) is 4.50. The van der Waals surface area contributed by atoms with E-state index in [9.17, 15) is 5.11 Å². The van der Waals surface area contributed by atoms with E-state index in [1.54, 1.807) is 0 Å². The zero-order valence-electron chi connectivity index (χ0n) is 12.4. The predicted molar refractivity (Wildman–Crippen MR) is 84.9 cm³/mol. The van der Waals surface area contributed by atoms with Gasteiger partial charge in [-0.25, -0.2) is 0 Å². The molecule has 1 N–H and O–H groups in total. The molecule has 0 aliphatic rings. The molecule has 0 fully saturated rings. The van der Waals surface area contributed by atoms with Crippen molar-refractivity contribution in [3.63, 3.8) is 0 Å². The second-order valence-corrected chi connectivity index (χ2v) is 6.10. The number of rotatable bonds is 4. The fourth-order valence-corrected chi connectivity index (χ4v) is 3.01. The molecule has 0 amide bonds. The van der Waals surface area contributed by atoms with Gasteiger partial charge in [-0.3, -0.25) is 4.68 Å². The molecule has 0 saturated carbocycles. The second-order valence-electron chi connectivity index (χ2n) is 5.30. The summed E-state index contributed by atoms with van der Waals surface area (Å²) in [5.74, 6) is 0. The van der Waals surface area contributed by atoms with Crippen LogP contribution in [0, 0.1) is 20.8 Å². The van der Waals surface area contributed by atoms with E-state index in [-0.39, 0.29) is 0 Å². The normalized spacial score (nSPS) is 12.7. The summed E-state index contributed by atoms with van der Waals surface area (Å²) in [5, 5.41) is 15.0. The Morgan fingerprint density at radius 1 is 1.20 bits per heavy atom. The number of nitrogens with zero attached hydrogens (tertiary/aromatic N) is 2. The molecule has 20 heavy (non-hydrogen) atoms. The summed E-state index contributed by atoms with van der Waals surface area (Å²) >= 11 is 3.58. The van der Waals surface area contributed by atoms with Gasteiger partial charge in [0.1, 0.15) is 0 Å². The van der Waals surface area contributed by atoms with Gasteiger partial charge in [-0.15, -0.1) is 0 Å². The number of benzene rings is 1. The number of halogens is 1. The van der Waals surface area contributed by atoms with Crippen LogP contribution in [0.3, 0.4) is 0 Å². The molecule has 3 nitrogen and oxygen atoms in total. The molecule has 0 radical (unpaired) electrons. The van der Waals surface area contributed by atoms with Gasteiger partial charge >= 0.3 is 0 Å². The molecular weight excluding hydrogens is 316 g/mol. The van der Waals surface area contributed by atoms with E-state index in [1.807, 2.05) is 23.7 Å². The first-order valence-electron chi connectivity index (χ1n) is 6.90. The quantitative estimate of drug-likeness (QED) is 0.920. The lowest BCUT2D eigenvalue weighted by Crippen LogP contribution is -2.09. The highest BCUT2D eigenvalue weighted by Gasteiger charge is 2.17. The molecule has 1 aromatic heterocycles. The van der Waals surface area contributed by atoms with E-state index in [2.05, 4.69) is 47.9 Å². The van der Waals surface area contributed by atoms with E-state index in [0.29, 0.717) is 6.42 Å². The average Bonchev–Trinajstić information content (AvgIpc) is 2.65. The molecule has 0 bridgehead atoms. The summed E-state index contributed by atoms with van der Waals surface area (Å²) < 4.78 is 2.95. The summed E-state index contributed by atoms with van der Waals surface area (Å²) in [7, 11) is 0. The predicted octanol–water partition coefficient (Wildman–Crippen LogP) is 3.87. The molecule has 1 atom stereocenters. The van der Waals surface area contributed by atoms with Gasteiger partial charge in [0.05, 0.1) is 22.0 Å². The van der Waals surface area contributed by atoms with Crippen LogP contribution >= 0.6 is 15.9 Å². The molecule has 0 aliphatic carbocycles. The highest BCUT2D eigenvalue weighted by Crippen LogP contribution is 2.27. The van der Waals surface area contributed by atoms with E-state index in [4.69, 9.17) is 0 Å². The highest BCUT2D eigenvalue weighted by molar-refractivity contribution is 9.10. The van der Waals surface area contributed by atoms with Crippen molar-refractivity contribution in [2.24, 2.45) is 0 Å². The molecule has 108 valence electrons. The van der Waals surface area contributed by atoms with E-state index < -0.39 is 6.10 Å². The second kappa shape index (κ2) is 6.10. The van der Waals surface area contributed by atoms with Gasteiger partial charge in [-0.05, 0) is 49.2 Å². The van der Waals surface area contributed by atoms with Crippen LogP contribution in [-0.4, -0.2) is 14.9 Å². The lowest BCUT2D eigenvalue weighted by Gasteiger charge is -2.14. The fourth-order valence-electron chi connectivity index (χ4n) is 2.57. The molecule has 4 heteroatoms. The van der Waals surface area contributed by atoms with E-state index >= 15 is 0 Å². The van der Waals surface area contributed by atoms with Crippen LogP contribution in [0.4, 0.5) is 0 Å². The lowest BCUT2D eigenvalue weighted by atomic mass is 10.00. The van der Waals surface area contributed by atoms with Crippen LogP contribution in [0.1, 0.15) is 41.1 Å². The van der Waals surface area contributed by atoms with E-state index in [0.717, 1.165) is 28.0 Å². The molecule has 1 aromatic carbocycles. The number of aromatic nitrogens is 2. The van der Waals surface area contributed by atoms with Crippen LogP contribution < -0.4 is 0 Å². The summed E-state index contributed by atoms with van der Waals surface area (Å²) in [5.41, 5.74) is 5.35. The van der Waals surface area contributed by atoms with Gasteiger partial charge in [-0.1, -0.05) is 29.3 Å². The van der Waals surface area contributed by atoms with Crippen molar-refractivity contribution in [1.82, 2.24) is 9.78 Å². The number of aliphatic hydroxyl groups is 1. The Bertz CT molecular complexity index is 599. The zero-order valence-corrected chi connectivity index (χ0v) is 14.0. The molecule has 1 heterocycles. The Labute approximate surface area is 128 Å². The minimum absolute atomic E-state index is 0.508. The maximum Gasteiger partial charge on any atom is 0.0845 e. The number of hydrogen-bond acceptors (Lipinski definition) is 2. The van der Waals surface area contributed by atoms with Crippen molar-refractivity contribution in [2.75, 3.05) is 0 Å². The first kappa shape index (κ1) is 15.3. The molecule has 2 rings (SSSR count). The monoisotopic (exact) mass is 336 g/mol. The average molecular weight is 337 g/mol. The van der Waals surface area contributed by atoms with Gasteiger partial charge in [-0.2, -0.15) is 5.10 Å². The Kier molecular flexibility index (Phi) is 4.66. The number of aliphatic hydroxyl groups excluding tert-OH is 1. The Hall–Kier alpha value is -1.13. The Morgan fingerprint density at radius 2 is 1.80 bits per heavy atom. The van der Waals surface area contributed by atoms with Crippen molar-refractivity contribution in [3.8, 4) is 0 Å². The van der Waals surface area contributed by atoms with Crippen molar-refractivity contribution in [1.29, 1.82) is 0 Å². The van der Waals surface area contributed by atoms with Crippen LogP contribution in [0.2, 0.25) is 0 Å². The van der Waals surface area contributed by atoms with Gasteiger partial charge in [0, 0.05) is 13.0 Å². The summed E-state index contributed by atoms with van der Waals surface area (Å²) in [4.78, 5) is 0. The zero-order chi connectivity index (χ0) is 14.9. The van der Waals surface area contributed by atoms with Crippen molar-refractivity contribution >= 4 is 15.9 Å². The molecule has 2 aromatic rings. The SMILES string of the molecule is CCn1nc(C)c(Br)c1CC(O)c1cc(C)cc(C)c1. The first-order chi connectivity index (χ1) is 9.42. The van der Waals surface area contributed by atoms with Crippen molar-refractivity contribution in [2.45, 2.75) is 46.8 Å². The third kappa shape index (κ3) is 3.13. The minimum Gasteiger partial charge on any atom is -0.388 e. The highest BCUT2D eigenvalue weighted by atomic mass is 79.9. The Balaban J connectivity index is 2.29. The maximum absolute atomic E-state index is 10.5. The molecule has 0 spiro atoms. The standard InChI is InChI=1S/C16H21BrN2O/c1-5-19-14(16(17)12(4)18-19)9-15(20)13-7-10(2)6-11(3)8-13/h6-8,15,20H,5,9H2,1-4H3. The molecular formula is C16H21BrN2O. The van der Waals surface area contributed by atoms with Gasteiger partial charge in [0.25, 0.3) is 0 Å². The van der Waals surface area contributed by atoms with Crippen molar-refractivity contribution in [3.05, 3.63) is 50.8 Å². The summed E-state index contributed by atoms with van der Waals surface area (Å²) in [6.07, 6.45) is 0.0596.